The van der Waals surface area contributed by atoms with Crippen molar-refractivity contribution in [1.29, 1.82) is 0 Å². The standard InChI is InChI=1S/C21H26N6O/c1-13(2)23-19-10-14(3)24-21-20(15(4)25-27(19)21)17-7-6-16(11-18(17)28-5)26-9-8-22-12-26/h6-14,23-24H,1-5H3. The quantitative estimate of drug-likeness (QED) is 0.709. The molecule has 2 N–H and O–H groups in total. The largest absolute Gasteiger partial charge is 0.496 e. The molecule has 1 aliphatic heterocycles. The predicted molar refractivity (Wildman–Crippen MR) is 112 cm³/mol. The molecular weight excluding hydrogens is 352 g/mol. The third-order valence-electron chi connectivity index (χ3n) is 4.75. The highest BCUT2D eigenvalue weighted by atomic mass is 16.5. The molecule has 0 aliphatic carbocycles. The molecule has 7 heteroatoms. The minimum Gasteiger partial charge on any atom is -0.496 e. The molecule has 7 nitrogen and oxygen atoms in total. The van der Waals surface area contributed by atoms with Crippen molar-refractivity contribution in [3.05, 3.63) is 48.7 Å². The van der Waals surface area contributed by atoms with Crippen LogP contribution in [0.4, 0.5) is 5.82 Å². The molecule has 0 saturated carbocycles. The third kappa shape index (κ3) is 3.13. The molecule has 1 aromatic carbocycles. The Labute approximate surface area is 165 Å². The van der Waals surface area contributed by atoms with Gasteiger partial charge in [-0.1, -0.05) is 0 Å². The molecule has 3 aromatic rings. The van der Waals surface area contributed by atoms with E-state index >= 15 is 0 Å². The van der Waals surface area contributed by atoms with E-state index in [0.29, 0.717) is 6.04 Å². The first-order valence-electron chi connectivity index (χ1n) is 9.49. The number of ether oxygens (including phenoxy) is 1. The van der Waals surface area contributed by atoms with Crippen molar-refractivity contribution in [3.8, 4) is 22.6 Å². The topological polar surface area (TPSA) is 68.9 Å². The fourth-order valence-corrected chi connectivity index (χ4v) is 3.59. The van der Waals surface area contributed by atoms with E-state index in [1.807, 2.05) is 28.4 Å². The number of hydrogen-bond acceptors (Lipinski definition) is 5. The molecule has 0 saturated heterocycles. The highest BCUT2D eigenvalue weighted by molar-refractivity contribution is 5.85. The summed E-state index contributed by atoms with van der Waals surface area (Å²) < 4.78 is 9.65. The van der Waals surface area contributed by atoms with Gasteiger partial charge in [0.05, 0.1) is 30.4 Å². The van der Waals surface area contributed by atoms with E-state index in [4.69, 9.17) is 9.84 Å². The lowest BCUT2D eigenvalue weighted by atomic mass is 10.0. The Bertz CT molecular complexity index is 1020. The normalized spacial score (nSPS) is 15.8. The smallest absolute Gasteiger partial charge is 0.140 e. The number of aromatic nitrogens is 4. The molecule has 0 radical (unpaired) electrons. The van der Waals surface area contributed by atoms with Crippen LogP contribution < -0.4 is 15.4 Å². The Hall–Kier alpha value is -3.22. The lowest BCUT2D eigenvalue weighted by Gasteiger charge is -2.25. The maximum atomic E-state index is 5.74. The SMILES string of the molecule is COc1cc(-n2ccnc2)ccc1-c1c(C)nn2c1NC(C)C=C2NC(C)C. The van der Waals surface area contributed by atoms with E-state index in [-0.39, 0.29) is 6.04 Å². The summed E-state index contributed by atoms with van der Waals surface area (Å²) in [6.07, 6.45) is 7.61. The number of nitrogens with one attached hydrogen (secondary N) is 2. The summed E-state index contributed by atoms with van der Waals surface area (Å²) in [5.41, 5.74) is 4.01. The second-order valence-electron chi connectivity index (χ2n) is 7.36. The number of rotatable bonds is 5. The summed E-state index contributed by atoms with van der Waals surface area (Å²) in [5, 5.41) is 11.9. The monoisotopic (exact) mass is 378 g/mol. The second kappa shape index (κ2) is 7.07. The Kier molecular flexibility index (Phi) is 4.58. The maximum Gasteiger partial charge on any atom is 0.140 e. The van der Waals surface area contributed by atoms with Gasteiger partial charge in [0.1, 0.15) is 17.4 Å². The zero-order chi connectivity index (χ0) is 19.8. The molecular formula is C21H26N6O. The first-order chi connectivity index (χ1) is 13.5. The number of hydrogen-bond donors (Lipinski definition) is 2. The number of benzene rings is 1. The van der Waals surface area contributed by atoms with Gasteiger partial charge in [-0.3, -0.25) is 0 Å². The number of anilines is 1. The molecule has 3 heterocycles. The van der Waals surface area contributed by atoms with Gasteiger partial charge in [-0.15, -0.1) is 0 Å². The molecule has 0 amide bonds. The van der Waals surface area contributed by atoms with Crippen molar-refractivity contribution < 1.29 is 4.74 Å². The van der Waals surface area contributed by atoms with Gasteiger partial charge in [-0.2, -0.15) is 5.10 Å². The van der Waals surface area contributed by atoms with E-state index in [2.05, 4.69) is 54.6 Å². The molecule has 4 rings (SSSR count). The van der Waals surface area contributed by atoms with Crippen molar-refractivity contribution in [3.63, 3.8) is 0 Å². The van der Waals surface area contributed by atoms with Gasteiger partial charge < -0.3 is 19.9 Å². The fraction of sp³-hybridized carbons (Fsp3) is 0.333. The summed E-state index contributed by atoms with van der Waals surface area (Å²) in [6.45, 7) is 8.42. The summed E-state index contributed by atoms with van der Waals surface area (Å²) in [5.74, 6) is 2.77. The van der Waals surface area contributed by atoms with Crippen LogP contribution in [0.5, 0.6) is 5.75 Å². The molecule has 1 unspecified atom stereocenters. The average molecular weight is 378 g/mol. The van der Waals surface area contributed by atoms with Crippen LogP contribution in [0.25, 0.3) is 22.6 Å². The number of nitrogens with zero attached hydrogens (tertiary/aromatic N) is 4. The van der Waals surface area contributed by atoms with Gasteiger partial charge >= 0.3 is 0 Å². The van der Waals surface area contributed by atoms with Gasteiger partial charge in [0.2, 0.25) is 0 Å². The summed E-state index contributed by atoms with van der Waals surface area (Å²) in [4.78, 5) is 4.12. The van der Waals surface area contributed by atoms with Crippen LogP contribution in [-0.2, 0) is 0 Å². The van der Waals surface area contributed by atoms with E-state index in [9.17, 15) is 0 Å². The van der Waals surface area contributed by atoms with Gasteiger partial charge in [-0.05, 0) is 45.9 Å². The highest BCUT2D eigenvalue weighted by Gasteiger charge is 2.26. The lowest BCUT2D eigenvalue weighted by Crippen LogP contribution is -2.31. The molecule has 0 fully saturated rings. The molecule has 146 valence electrons. The number of imidazole rings is 1. The van der Waals surface area contributed by atoms with Crippen molar-refractivity contribution in [2.45, 2.75) is 39.8 Å². The third-order valence-corrected chi connectivity index (χ3v) is 4.75. The predicted octanol–water partition coefficient (Wildman–Crippen LogP) is 3.66. The van der Waals surface area contributed by atoms with E-state index < -0.39 is 0 Å². The Morgan fingerprint density at radius 3 is 2.79 bits per heavy atom. The molecule has 0 bridgehead atoms. The van der Waals surface area contributed by atoms with Crippen molar-refractivity contribution in [2.75, 3.05) is 12.4 Å². The summed E-state index contributed by atoms with van der Waals surface area (Å²) in [6, 6.07) is 6.69. The van der Waals surface area contributed by atoms with Crippen LogP contribution in [0, 0.1) is 6.92 Å². The highest BCUT2D eigenvalue weighted by Crippen LogP contribution is 2.40. The number of methoxy groups -OCH3 is 1. The van der Waals surface area contributed by atoms with Crippen LogP contribution in [0.15, 0.2) is 43.0 Å². The Balaban J connectivity index is 1.83. The number of fused-ring (bicyclic) bond motifs is 1. The average Bonchev–Trinajstić information content (AvgIpc) is 3.29. The van der Waals surface area contributed by atoms with Crippen molar-refractivity contribution >= 4 is 11.6 Å². The minimum atomic E-state index is 0.194. The van der Waals surface area contributed by atoms with E-state index in [1.54, 1.807) is 19.6 Å². The second-order valence-corrected chi connectivity index (χ2v) is 7.36. The van der Waals surface area contributed by atoms with Crippen LogP contribution in [0.1, 0.15) is 26.5 Å². The van der Waals surface area contributed by atoms with Crippen LogP contribution >= 0.6 is 0 Å². The van der Waals surface area contributed by atoms with Gasteiger partial charge in [0, 0.05) is 36.1 Å². The first kappa shape index (κ1) is 18.2. The Morgan fingerprint density at radius 1 is 1.29 bits per heavy atom. The number of aryl methyl sites for hydroxylation is 1. The molecule has 1 atom stereocenters. The van der Waals surface area contributed by atoms with Crippen LogP contribution in [0.3, 0.4) is 0 Å². The van der Waals surface area contributed by atoms with Gasteiger partial charge in [0.15, 0.2) is 0 Å². The molecule has 2 aromatic heterocycles. The van der Waals surface area contributed by atoms with Gasteiger partial charge in [0.25, 0.3) is 0 Å². The van der Waals surface area contributed by atoms with Crippen LogP contribution in [-0.4, -0.2) is 38.5 Å². The van der Waals surface area contributed by atoms with Crippen LogP contribution in [0.2, 0.25) is 0 Å². The molecule has 28 heavy (non-hydrogen) atoms. The Morgan fingerprint density at radius 2 is 2.11 bits per heavy atom. The fourth-order valence-electron chi connectivity index (χ4n) is 3.59. The van der Waals surface area contributed by atoms with Gasteiger partial charge in [-0.25, -0.2) is 9.67 Å². The minimum absolute atomic E-state index is 0.194. The van der Waals surface area contributed by atoms with Crippen molar-refractivity contribution in [1.82, 2.24) is 24.6 Å². The van der Waals surface area contributed by atoms with E-state index in [0.717, 1.165) is 39.9 Å². The zero-order valence-corrected chi connectivity index (χ0v) is 16.9. The van der Waals surface area contributed by atoms with Crippen molar-refractivity contribution in [2.24, 2.45) is 0 Å². The zero-order valence-electron chi connectivity index (χ0n) is 16.9. The molecule has 0 spiro atoms. The van der Waals surface area contributed by atoms with E-state index in [1.165, 1.54) is 0 Å². The summed E-state index contributed by atoms with van der Waals surface area (Å²) in [7, 11) is 1.70. The first-order valence-corrected chi connectivity index (χ1v) is 9.49. The molecule has 1 aliphatic rings. The lowest BCUT2D eigenvalue weighted by molar-refractivity contribution is 0.416. The summed E-state index contributed by atoms with van der Waals surface area (Å²) >= 11 is 0. The maximum absolute atomic E-state index is 5.74.